The van der Waals surface area contributed by atoms with Crippen LogP contribution in [0.4, 0.5) is 0 Å². The molecule has 0 saturated heterocycles. The third kappa shape index (κ3) is 2.20. The molecule has 2 aromatic heterocycles. The van der Waals surface area contributed by atoms with E-state index in [4.69, 9.17) is 4.74 Å². The van der Waals surface area contributed by atoms with Crippen LogP contribution in [0.25, 0.3) is 46.4 Å². The maximum atomic E-state index is 13.0. The number of methoxy groups -OCH3 is 1. The van der Waals surface area contributed by atoms with Gasteiger partial charge in [-0.15, -0.1) is 22.7 Å². The average Bonchev–Trinajstić information content (AvgIpc) is 3.42. The number of benzene rings is 3. The second kappa shape index (κ2) is 6.93. The fourth-order valence-corrected chi connectivity index (χ4v) is 8.96. The van der Waals surface area contributed by atoms with Gasteiger partial charge in [-0.1, -0.05) is 36.4 Å². The minimum atomic E-state index is -1.89. The van der Waals surface area contributed by atoms with E-state index < -0.39 is 28.6 Å². The van der Waals surface area contributed by atoms with Gasteiger partial charge >= 0.3 is 5.97 Å². The first-order valence-electron chi connectivity index (χ1n) is 11.3. The van der Waals surface area contributed by atoms with E-state index in [0.29, 0.717) is 0 Å². The maximum absolute atomic E-state index is 13.0. The van der Waals surface area contributed by atoms with Gasteiger partial charge in [0.25, 0.3) is 0 Å². The van der Waals surface area contributed by atoms with Gasteiger partial charge in [-0.05, 0) is 46.2 Å². The zero-order valence-corrected chi connectivity index (χ0v) is 20.5. The second-order valence-electron chi connectivity index (χ2n) is 9.34. The smallest absolute Gasteiger partial charge is 0.329 e. The van der Waals surface area contributed by atoms with E-state index in [1.165, 1.54) is 37.4 Å². The number of hydrogen-bond donors (Lipinski definition) is 0. The lowest BCUT2D eigenvalue weighted by molar-refractivity contribution is -0.168. The van der Waals surface area contributed by atoms with E-state index in [-0.39, 0.29) is 0 Å². The molecule has 7 heteroatoms. The molecule has 170 valence electrons. The van der Waals surface area contributed by atoms with Crippen molar-refractivity contribution < 1.29 is 9.53 Å². The Morgan fingerprint density at radius 1 is 0.917 bits per heavy atom. The van der Waals surface area contributed by atoms with Gasteiger partial charge in [0.2, 0.25) is 0 Å². The number of hydrogen-bond acceptors (Lipinski definition) is 7. The Balaban J connectivity index is 1.49. The number of rotatable bonds is 1. The zero-order chi connectivity index (χ0) is 24.8. The quantitative estimate of drug-likeness (QED) is 0.233. The first-order valence-corrected chi connectivity index (χ1v) is 13.0. The van der Waals surface area contributed by atoms with Gasteiger partial charge in [0, 0.05) is 32.0 Å². The summed E-state index contributed by atoms with van der Waals surface area (Å²) < 4.78 is 9.73. The second-order valence-corrected chi connectivity index (χ2v) is 11.4. The molecule has 3 aromatic carbocycles. The molecule has 1 fully saturated rings. The molecule has 0 N–H and O–H groups in total. The van der Waals surface area contributed by atoms with Crippen LogP contribution in [0.15, 0.2) is 54.6 Å². The summed E-state index contributed by atoms with van der Waals surface area (Å²) in [6.07, 6.45) is 3.73. The molecule has 0 radical (unpaired) electrons. The Labute approximate surface area is 213 Å². The molecule has 2 heterocycles. The van der Waals surface area contributed by atoms with Gasteiger partial charge in [-0.3, -0.25) is 4.79 Å². The fourth-order valence-electron chi connectivity index (χ4n) is 6.26. The van der Waals surface area contributed by atoms with Gasteiger partial charge in [0.05, 0.1) is 34.7 Å². The Morgan fingerprint density at radius 3 is 2.19 bits per heavy atom. The summed E-state index contributed by atoms with van der Waals surface area (Å²) in [6, 6.07) is 23.1. The Kier molecular flexibility index (Phi) is 4.06. The number of nitriles is 3. The summed E-state index contributed by atoms with van der Waals surface area (Å²) in [7, 11) is 1.19. The van der Waals surface area contributed by atoms with Crippen molar-refractivity contribution in [2.75, 3.05) is 7.11 Å². The van der Waals surface area contributed by atoms with Gasteiger partial charge in [-0.25, -0.2) is 0 Å². The van der Waals surface area contributed by atoms with Crippen molar-refractivity contribution in [1.29, 1.82) is 15.8 Å². The molecule has 5 nitrogen and oxygen atoms in total. The van der Waals surface area contributed by atoms with Gasteiger partial charge in [0.15, 0.2) is 10.8 Å². The third-order valence-electron chi connectivity index (χ3n) is 7.95. The lowest BCUT2D eigenvalue weighted by Gasteiger charge is -2.57. The van der Waals surface area contributed by atoms with Crippen LogP contribution in [0.2, 0.25) is 0 Å². The van der Waals surface area contributed by atoms with Crippen LogP contribution >= 0.6 is 22.7 Å². The highest BCUT2D eigenvalue weighted by molar-refractivity contribution is 7.36. The lowest BCUT2D eigenvalue weighted by Crippen LogP contribution is -2.66. The monoisotopic (exact) mass is 501 g/mol. The molecule has 0 amide bonds. The van der Waals surface area contributed by atoms with Crippen LogP contribution in [0.1, 0.15) is 17.0 Å². The molecule has 1 unspecified atom stereocenters. The van der Waals surface area contributed by atoms with E-state index in [2.05, 4.69) is 42.5 Å². The van der Waals surface area contributed by atoms with Gasteiger partial charge in [-0.2, -0.15) is 15.8 Å². The van der Waals surface area contributed by atoms with Crippen LogP contribution < -0.4 is 0 Å². The summed E-state index contributed by atoms with van der Waals surface area (Å²) in [6.45, 7) is 0. The standard InChI is InChI=1S/C29H15N3O2S2/c1-34-27(33)29(14-32)24-18-11-23-20(9-17(18)6-7-21(24)28(29,12-30)13-31)26-25(36-23)19-8-15-4-2-3-5-16(15)10-22(19)35-26/h2-11,21,24H,1H3/t21-,24+,29?/m1/s1. The van der Waals surface area contributed by atoms with Gasteiger partial charge < -0.3 is 4.74 Å². The van der Waals surface area contributed by atoms with E-state index >= 15 is 0 Å². The number of fused-ring (bicyclic) bond motifs is 9. The molecule has 3 atom stereocenters. The third-order valence-corrected chi connectivity index (χ3v) is 10.5. The van der Waals surface area contributed by atoms with Crippen molar-refractivity contribution in [3.63, 3.8) is 0 Å². The Hall–Kier alpha value is -4.22. The molecular weight excluding hydrogens is 486 g/mol. The summed E-state index contributed by atoms with van der Waals surface area (Å²) in [4.78, 5) is 13.0. The maximum Gasteiger partial charge on any atom is 0.329 e. The van der Waals surface area contributed by atoms with E-state index in [9.17, 15) is 20.6 Å². The van der Waals surface area contributed by atoms with Crippen molar-refractivity contribution in [1.82, 2.24) is 0 Å². The van der Waals surface area contributed by atoms with Crippen molar-refractivity contribution in [2.45, 2.75) is 5.92 Å². The molecule has 2 aliphatic rings. The highest BCUT2D eigenvalue weighted by Crippen LogP contribution is 2.71. The van der Waals surface area contributed by atoms with Crippen molar-refractivity contribution in [3.05, 3.63) is 65.7 Å². The van der Waals surface area contributed by atoms with Crippen molar-refractivity contribution >= 4 is 75.1 Å². The molecule has 0 spiro atoms. The van der Waals surface area contributed by atoms with Gasteiger partial charge in [0.1, 0.15) is 0 Å². The van der Waals surface area contributed by atoms with Crippen LogP contribution in [-0.4, -0.2) is 13.1 Å². The summed E-state index contributed by atoms with van der Waals surface area (Å²) >= 11 is 3.47. The number of ether oxygens (including phenoxy) is 1. The summed E-state index contributed by atoms with van der Waals surface area (Å²) in [5.74, 6) is -2.02. The van der Waals surface area contributed by atoms with E-state index in [1.807, 2.05) is 36.4 Å². The first kappa shape index (κ1) is 21.1. The normalized spacial score (nSPS) is 23.4. The predicted octanol–water partition coefficient (Wildman–Crippen LogP) is 6.88. The lowest BCUT2D eigenvalue weighted by atomic mass is 9.37. The highest BCUT2D eigenvalue weighted by Gasteiger charge is 2.79. The number of allylic oxidation sites excluding steroid dienone is 1. The number of esters is 1. The first-order chi connectivity index (χ1) is 17.5. The van der Waals surface area contributed by atoms with Crippen LogP contribution in [0.3, 0.4) is 0 Å². The van der Waals surface area contributed by atoms with E-state index in [0.717, 1.165) is 21.2 Å². The zero-order valence-electron chi connectivity index (χ0n) is 18.9. The minimum absolute atomic E-state index is 0.565. The molecule has 7 rings (SSSR count). The van der Waals surface area contributed by atoms with Crippen molar-refractivity contribution in [2.24, 2.45) is 16.7 Å². The highest BCUT2D eigenvalue weighted by atomic mass is 32.1. The van der Waals surface area contributed by atoms with Crippen LogP contribution in [-0.2, 0) is 9.53 Å². The average molecular weight is 502 g/mol. The number of carbonyl (C=O) groups is 1. The van der Waals surface area contributed by atoms with E-state index in [1.54, 1.807) is 22.7 Å². The van der Waals surface area contributed by atoms with Crippen molar-refractivity contribution in [3.8, 4) is 18.2 Å². The fraction of sp³-hybridized carbons (Fsp3) is 0.172. The summed E-state index contributed by atoms with van der Waals surface area (Å²) in [5.41, 5.74) is -1.97. The summed E-state index contributed by atoms with van der Waals surface area (Å²) in [5, 5.41) is 35.0. The van der Waals surface area contributed by atoms with Crippen LogP contribution in [0, 0.1) is 50.7 Å². The topological polar surface area (TPSA) is 97.7 Å². The predicted molar refractivity (Wildman–Crippen MR) is 141 cm³/mol. The number of nitrogens with zero attached hydrogens (tertiary/aromatic N) is 3. The molecule has 36 heavy (non-hydrogen) atoms. The largest absolute Gasteiger partial charge is 0.468 e. The molecular formula is C29H15N3O2S2. The molecule has 0 aliphatic heterocycles. The molecule has 2 aliphatic carbocycles. The Bertz CT molecular complexity index is 1960. The SMILES string of the molecule is COC(=O)C1(C#N)[C@H]2c3cc4sc5c6cc7ccccc7cc6sc5c4cc3C=C[C@H]2C1(C#N)C#N. The number of carbonyl (C=O) groups excluding carboxylic acids is 1. The van der Waals surface area contributed by atoms with Crippen LogP contribution in [0.5, 0.6) is 0 Å². The minimum Gasteiger partial charge on any atom is -0.468 e. The molecule has 5 aromatic rings. The molecule has 0 bridgehead atoms. The Morgan fingerprint density at radius 2 is 1.56 bits per heavy atom. The number of thiophene rings is 2. The molecule has 1 saturated carbocycles.